The van der Waals surface area contributed by atoms with Crippen molar-refractivity contribution in [2.75, 3.05) is 26.8 Å². The normalized spacial score (nSPS) is 18.7. The van der Waals surface area contributed by atoms with Crippen molar-refractivity contribution in [3.05, 3.63) is 71.3 Å². The van der Waals surface area contributed by atoms with Crippen LogP contribution in [0, 0.1) is 12.7 Å². The third-order valence-corrected chi connectivity index (χ3v) is 6.18. The Kier molecular flexibility index (Phi) is 6.65. The predicted octanol–water partition coefficient (Wildman–Crippen LogP) is 4.32. The maximum Gasteiger partial charge on any atom is 0.257 e. The quantitative estimate of drug-likeness (QED) is 0.551. The molecular formula is C25H28FN3O3. The van der Waals surface area contributed by atoms with E-state index in [1.165, 1.54) is 17.7 Å². The zero-order valence-electron chi connectivity index (χ0n) is 18.5. The molecule has 1 atom stereocenters. The van der Waals surface area contributed by atoms with Gasteiger partial charge in [-0.05, 0) is 56.0 Å². The summed E-state index contributed by atoms with van der Waals surface area (Å²) in [7, 11) is 1.66. The summed E-state index contributed by atoms with van der Waals surface area (Å²) in [5.41, 5.74) is 2.40. The van der Waals surface area contributed by atoms with E-state index in [9.17, 15) is 9.18 Å². The van der Waals surface area contributed by atoms with Crippen LogP contribution in [0.2, 0.25) is 0 Å². The summed E-state index contributed by atoms with van der Waals surface area (Å²) in [6.45, 7) is 3.79. The Morgan fingerprint density at radius 2 is 1.94 bits per heavy atom. The van der Waals surface area contributed by atoms with Crippen LogP contribution in [0.25, 0.3) is 11.5 Å². The first-order chi connectivity index (χ1) is 15.5. The molecule has 3 aromatic rings. The lowest BCUT2D eigenvalue weighted by molar-refractivity contribution is -0.133. The minimum Gasteiger partial charge on any atom is -0.385 e. The summed E-state index contributed by atoms with van der Waals surface area (Å²) in [5, 5.41) is 4.28. The van der Waals surface area contributed by atoms with Gasteiger partial charge in [0.25, 0.3) is 5.89 Å². The van der Waals surface area contributed by atoms with Crippen molar-refractivity contribution in [2.45, 2.75) is 38.0 Å². The van der Waals surface area contributed by atoms with Crippen LogP contribution >= 0.6 is 0 Å². The molecule has 0 N–H and O–H groups in total. The molecule has 1 saturated heterocycles. The minimum atomic E-state index is -0.445. The monoisotopic (exact) mass is 437 g/mol. The average Bonchev–Trinajstić information content (AvgIpc) is 3.31. The first-order valence-electron chi connectivity index (χ1n) is 10.9. The number of rotatable bonds is 7. The van der Waals surface area contributed by atoms with E-state index in [4.69, 9.17) is 9.26 Å². The fourth-order valence-electron chi connectivity index (χ4n) is 4.28. The first-order valence-corrected chi connectivity index (χ1v) is 10.9. The lowest BCUT2D eigenvalue weighted by Gasteiger charge is -2.41. The van der Waals surface area contributed by atoms with Crippen LogP contribution in [0.3, 0.4) is 0 Å². The van der Waals surface area contributed by atoms with E-state index in [1.807, 2.05) is 36.1 Å². The maximum absolute atomic E-state index is 13.3. The second-order valence-electron chi connectivity index (χ2n) is 8.53. The highest BCUT2D eigenvalue weighted by Crippen LogP contribution is 2.37. The number of ether oxygens (including phenoxy) is 1. The molecule has 6 nitrogen and oxygen atoms in total. The van der Waals surface area contributed by atoms with Crippen LogP contribution in [0.4, 0.5) is 4.39 Å². The molecule has 168 valence electrons. The number of hydrogen-bond donors (Lipinski definition) is 0. The van der Waals surface area contributed by atoms with E-state index in [1.54, 1.807) is 19.2 Å². The molecule has 0 bridgehead atoms. The van der Waals surface area contributed by atoms with Crippen molar-refractivity contribution < 1.29 is 18.4 Å². The summed E-state index contributed by atoms with van der Waals surface area (Å²) in [6.07, 6.45) is 2.74. The van der Waals surface area contributed by atoms with Gasteiger partial charge in [-0.15, -0.1) is 0 Å². The predicted molar refractivity (Wildman–Crippen MR) is 119 cm³/mol. The summed E-state index contributed by atoms with van der Waals surface area (Å²) < 4.78 is 24.2. The largest absolute Gasteiger partial charge is 0.385 e. The summed E-state index contributed by atoms with van der Waals surface area (Å²) in [4.78, 5) is 19.7. The Morgan fingerprint density at radius 3 is 2.66 bits per heavy atom. The van der Waals surface area contributed by atoms with Crippen LogP contribution in [0.15, 0.2) is 53.1 Å². The second kappa shape index (κ2) is 9.61. The van der Waals surface area contributed by atoms with E-state index >= 15 is 0 Å². The highest BCUT2D eigenvalue weighted by atomic mass is 19.1. The fraction of sp³-hybridized carbons (Fsp3) is 0.400. The number of hydrogen-bond acceptors (Lipinski definition) is 5. The molecule has 0 radical (unpaired) electrons. The first kappa shape index (κ1) is 22.1. The van der Waals surface area contributed by atoms with Gasteiger partial charge < -0.3 is 14.2 Å². The molecule has 0 saturated carbocycles. The zero-order valence-corrected chi connectivity index (χ0v) is 18.5. The molecule has 32 heavy (non-hydrogen) atoms. The number of halogens is 1. The van der Waals surface area contributed by atoms with Gasteiger partial charge >= 0.3 is 0 Å². The Hall–Kier alpha value is -3.06. The van der Waals surface area contributed by atoms with Gasteiger partial charge in [0, 0.05) is 32.4 Å². The number of methoxy groups -OCH3 is 1. The van der Waals surface area contributed by atoms with E-state index < -0.39 is 5.41 Å². The molecule has 1 aliphatic heterocycles. The van der Waals surface area contributed by atoms with Gasteiger partial charge in [-0.3, -0.25) is 4.79 Å². The second-order valence-corrected chi connectivity index (χ2v) is 8.53. The Labute approximate surface area is 187 Å². The van der Waals surface area contributed by atoms with Crippen molar-refractivity contribution in [2.24, 2.45) is 0 Å². The van der Waals surface area contributed by atoms with Gasteiger partial charge in [-0.25, -0.2) is 4.39 Å². The standard InChI is InChI=1S/C25H28FN3O3/c1-18-4-6-19(7-5-18)16-22(30)29-14-3-12-25(17-29,13-15-31-2)24-27-23(32-28-24)20-8-10-21(26)11-9-20/h4-11H,3,12-17H2,1-2H3. The number of likely N-dealkylation sites (tertiary alicyclic amines) is 1. The maximum atomic E-state index is 13.3. The Bertz CT molecular complexity index is 1050. The van der Waals surface area contributed by atoms with Gasteiger partial charge in [0.1, 0.15) is 5.82 Å². The molecule has 0 aliphatic carbocycles. The van der Waals surface area contributed by atoms with Crippen molar-refractivity contribution in [3.63, 3.8) is 0 Å². The van der Waals surface area contributed by atoms with E-state index in [0.29, 0.717) is 49.8 Å². The van der Waals surface area contributed by atoms with E-state index in [2.05, 4.69) is 10.1 Å². The van der Waals surface area contributed by atoms with Crippen molar-refractivity contribution >= 4 is 5.91 Å². The lowest BCUT2D eigenvalue weighted by Crippen LogP contribution is -2.50. The number of amides is 1. The number of piperidine rings is 1. The number of nitrogens with zero attached hydrogens (tertiary/aromatic N) is 3. The van der Waals surface area contributed by atoms with Gasteiger partial charge in [-0.1, -0.05) is 35.0 Å². The number of carbonyl (C=O) groups is 1. The van der Waals surface area contributed by atoms with Gasteiger partial charge in [0.2, 0.25) is 5.91 Å². The van der Waals surface area contributed by atoms with Crippen LogP contribution < -0.4 is 0 Å². The number of benzene rings is 2. The molecule has 0 spiro atoms. The van der Waals surface area contributed by atoms with E-state index in [-0.39, 0.29) is 11.7 Å². The van der Waals surface area contributed by atoms with Gasteiger partial charge in [0.15, 0.2) is 5.82 Å². The molecular weight excluding hydrogens is 409 g/mol. The Balaban J connectivity index is 1.56. The van der Waals surface area contributed by atoms with Crippen molar-refractivity contribution in [3.8, 4) is 11.5 Å². The van der Waals surface area contributed by atoms with Crippen LogP contribution in [-0.2, 0) is 21.4 Å². The molecule has 1 aromatic heterocycles. The molecule has 1 aliphatic rings. The van der Waals surface area contributed by atoms with Crippen molar-refractivity contribution in [1.29, 1.82) is 0 Å². The smallest absolute Gasteiger partial charge is 0.257 e. The van der Waals surface area contributed by atoms with Crippen LogP contribution in [0.1, 0.15) is 36.2 Å². The minimum absolute atomic E-state index is 0.0950. The molecule has 1 unspecified atom stereocenters. The highest BCUT2D eigenvalue weighted by Gasteiger charge is 2.42. The molecule has 2 aromatic carbocycles. The average molecular weight is 438 g/mol. The molecule has 4 rings (SSSR count). The fourth-order valence-corrected chi connectivity index (χ4v) is 4.28. The topological polar surface area (TPSA) is 68.5 Å². The summed E-state index contributed by atoms with van der Waals surface area (Å²) in [5.74, 6) is 0.694. The van der Waals surface area contributed by atoms with Crippen LogP contribution in [-0.4, -0.2) is 47.8 Å². The van der Waals surface area contributed by atoms with Gasteiger partial charge in [-0.2, -0.15) is 4.98 Å². The van der Waals surface area contributed by atoms with E-state index in [0.717, 1.165) is 18.4 Å². The van der Waals surface area contributed by atoms with Crippen molar-refractivity contribution in [1.82, 2.24) is 15.0 Å². The number of aryl methyl sites for hydroxylation is 1. The number of carbonyl (C=O) groups excluding carboxylic acids is 1. The van der Waals surface area contributed by atoms with Crippen LogP contribution in [0.5, 0.6) is 0 Å². The summed E-state index contributed by atoms with van der Waals surface area (Å²) in [6, 6.07) is 14.0. The van der Waals surface area contributed by atoms with Gasteiger partial charge in [0.05, 0.1) is 11.8 Å². The Morgan fingerprint density at radius 1 is 1.19 bits per heavy atom. The zero-order chi connectivity index (χ0) is 22.6. The summed E-state index contributed by atoms with van der Waals surface area (Å²) >= 11 is 0. The third-order valence-electron chi connectivity index (χ3n) is 6.18. The molecule has 2 heterocycles. The lowest BCUT2D eigenvalue weighted by atomic mass is 9.76. The third kappa shape index (κ3) is 4.88. The number of aromatic nitrogens is 2. The molecule has 7 heteroatoms. The highest BCUT2D eigenvalue weighted by molar-refractivity contribution is 5.79. The molecule has 1 fully saturated rings. The molecule has 1 amide bonds. The SMILES string of the molecule is COCCC1(c2noc(-c3ccc(F)cc3)n2)CCCN(C(=O)Cc2ccc(C)cc2)C1.